The van der Waals surface area contributed by atoms with Crippen LogP contribution in [0.1, 0.15) is 71.7 Å². The maximum Gasteiger partial charge on any atom is 0.243 e. The van der Waals surface area contributed by atoms with E-state index in [1.165, 1.54) is 18.3 Å². The Morgan fingerprint density at radius 1 is 0.932 bits per heavy atom. The second-order valence-electron chi connectivity index (χ2n) is 11.5. The lowest BCUT2D eigenvalue weighted by molar-refractivity contribution is -0.135. The van der Waals surface area contributed by atoms with Gasteiger partial charge in [-0.2, -0.15) is 0 Å². The van der Waals surface area contributed by atoms with Gasteiger partial charge >= 0.3 is 0 Å². The molecule has 0 fully saturated rings. The number of primary amides is 1. The van der Waals surface area contributed by atoms with Gasteiger partial charge in [0.15, 0.2) is 0 Å². The SMILES string of the molecule is CC[C@H](C)[C@H](NC(=O)[C@H](Cc1nc2cc(Cl)ccc2s1)NC(C)=O)C(=O)N[C@@H](CCCCN)C(=O)N[C@@H](CC(C)C)C(N)=O. The highest BCUT2D eigenvalue weighted by Crippen LogP contribution is 2.26. The average molecular weight is 652 g/mol. The fourth-order valence-corrected chi connectivity index (χ4v) is 5.79. The quantitative estimate of drug-likeness (QED) is 0.133. The molecule has 0 unspecified atom stereocenters. The first kappa shape index (κ1) is 36.9. The number of rotatable bonds is 18. The van der Waals surface area contributed by atoms with Gasteiger partial charge in [0.05, 0.1) is 15.2 Å². The number of halogens is 1. The third-order valence-corrected chi connectivity index (χ3v) is 8.50. The van der Waals surface area contributed by atoms with Crippen molar-refractivity contribution in [1.29, 1.82) is 0 Å². The zero-order valence-corrected chi connectivity index (χ0v) is 27.6. The molecule has 0 radical (unpaired) electrons. The molecule has 5 amide bonds. The minimum Gasteiger partial charge on any atom is -0.368 e. The summed E-state index contributed by atoms with van der Waals surface area (Å²) in [6.45, 7) is 9.22. The van der Waals surface area contributed by atoms with Gasteiger partial charge in [-0.25, -0.2) is 4.98 Å². The Balaban J connectivity index is 2.26. The molecule has 8 N–H and O–H groups in total. The van der Waals surface area contributed by atoms with Crippen molar-refractivity contribution < 1.29 is 24.0 Å². The van der Waals surface area contributed by atoms with Crippen LogP contribution in [0, 0.1) is 11.8 Å². The molecule has 2 rings (SSSR count). The molecule has 12 nitrogen and oxygen atoms in total. The van der Waals surface area contributed by atoms with Crippen molar-refractivity contribution in [2.45, 2.75) is 97.3 Å². The van der Waals surface area contributed by atoms with Crippen molar-refractivity contribution in [2.24, 2.45) is 23.3 Å². The maximum atomic E-state index is 13.6. The zero-order chi connectivity index (χ0) is 33.0. The van der Waals surface area contributed by atoms with Crippen LogP contribution in [0.2, 0.25) is 5.02 Å². The maximum absolute atomic E-state index is 13.6. The van der Waals surface area contributed by atoms with Crippen LogP contribution in [0.4, 0.5) is 0 Å². The van der Waals surface area contributed by atoms with Gasteiger partial charge in [-0.05, 0) is 62.3 Å². The van der Waals surface area contributed by atoms with Gasteiger partial charge in [-0.3, -0.25) is 24.0 Å². The molecule has 0 aliphatic heterocycles. The minimum atomic E-state index is -1.01. The van der Waals surface area contributed by atoms with Gasteiger partial charge in [0, 0.05) is 18.4 Å². The number of nitrogens with two attached hydrogens (primary N) is 2. The number of hydrogen-bond acceptors (Lipinski definition) is 8. The molecule has 1 aromatic carbocycles. The summed E-state index contributed by atoms with van der Waals surface area (Å²) in [4.78, 5) is 69.0. The third-order valence-electron chi connectivity index (χ3n) is 7.21. The summed E-state index contributed by atoms with van der Waals surface area (Å²) in [7, 11) is 0. The van der Waals surface area contributed by atoms with E-state index in [9.17, 15) is 24.0 Å². The fraction of sp³-hybridized carbons (Fsp3) is 0.600. The molecule has 0 saturated carbocycles. The molecule has 0 aliphatic carbocycles. The minimum absolute atomic E-state index is 0.0974. The number of benzene rings is 1. The number of nitrogens with zero attached hydrogens (tertiary/aromatic N) is 1. The van der Waals surface area contributed by atoms with Gasteiger partial charge in [0.1, 0.15) is 24.2 Å². The van der Waals surface area contributed by atoms with Crippen molar-refractivity contribution in [3.63, 3.8) is 0 Å². The Kier molecular flexibility index (Phi) is 15.0. The molecule has 0 bridgehead atoms. The number of nitrogens with one attached hydrogen (secondary N) is 4. The molecule has 0 saturated heterocycles. The first-order valence-corrected chi connectivity index (χ1v) is 16.2. The smallest absolute Gasteiger partial charge is 0.243 e. The average Bonchev–Trinajstić information content (AvgIpc) is 3.34. The molecule has 14 heteroatoms. The Labute approximate surface area is 267 Å². The Morgan fingerprint density at radius 2 is 1.59 bits per heavy atom. The van der Waals surface area contributed by atoms with Crippen LogP contribution in [-0.2, 0) is 30.4 Å². The predicted octanol–water partition coefficient (Wildman–Crippen LogP) is 2.16. The molecular weight excluding hydrogens is 606 g/mol. The van der Waals surface area contributed by atoms with Crippen LogP contribution < -0.4 is 32.7 Å². The van der Waals surface area contributed by atoms with Crippen molar-refractivity contribution in [1.82, 2.24) is 26.3 Å². The van der Waals surface area contributed by atoms with E-state index in [4.69, 9.17) is 23.1 Å². The van der Waals surface area contributed by atoms with Crippen LogP contribution in [0.5, 0.6) is 0 Å². The van der Waals surface area contributed by atoms with E-state index >= 15 is 0 Å². The lowest BCUT2D eigenvalue weighted by atomic mass is 9.96. The monoisotopic (exact) mass is 651 g/mol. The van der Waals surface area contributed by atoms with Crippen molar-refractivity contribution in [3.8, 4) is 0 Å². The third kappa shape index (κ3) is 11.7. The van der Waals surface area contributed by atoms with E-state index in [1.54, 1.807) is 12.1 Å². The standard InChI is InChI=1S/C30H46ClN7O5S/c1-6-17(4)26(30(43)36-20(9-7-8-12-32)28(41)37-22(27(33)40)13-16(2)3)38-29(42)23(34-18(5)39)15-25-35-21-14-19(31)10-11-24(21)44-25/h10-11,14,16-17,20,22-23,26H,6-9,12-13,15,32H2,1-5H3,(H2,33,40)(H,34,39)(H,36,43)(H,37,41)(H,38,42)/t17-,20-,22-,23-,26-/m0/s1. The molecule has 0 spiro atoms. The second kappa shape index (κ2) is 17.9. The van der Waals surface area contributed by atoms with Crippen LogP contribution in [-0.4, -0.2) is 65.2 Å². The molecular formula is C30H46ClN7O5S. The number of unbranched alkanes of at least 4 members (excludes halogenated alkanes) is 1. The lowest BCUT2D eigenvalue weighted by Gasteiger charge is -2.29. The van der Waals surface area contributed by atoms with Gasteiger partial charge in [0.25, 0.3) is 0 Å². The summed E-state index contributed by atoms with van der Waals surface area (Å²) >= 11 is 7.47. The predicted molar refractivity (Wildman–Crippen MR) is 173 cm³/mol. The second-order valence-corrected chi connectivity index (χ2v) is 13.0. The largest absolute Gasteiger partial charge is 0.368 e. The summed E-state index contributed by atoms with van der Waals surface area (Å²) in [5.74, 6) is -2.95. The van der Waals surface area contributed by atoms with Crippen molar-refractivity contribution in [2.75, 3.05) is 6.54 Å². The number of hydrogen-bond donors (Lipinski definition) is 6. The van der Waals surface area contributed by atoms with Gasteiger partial charge in [-0.15, -0.1) is 11.3 Å². The molecule has 1 aromatic heterocycles. The van der Waals surface area contributed by atoms with Gasteiger partial charge in [-0.1, -0.05) is 45.7 Å². The van der Waals surface area contributed by atoms with E-state index < -0.39 is 53.7 Å². The first-order valence-electron chi connectivity index (χ1n) is 15.0. The summed E-state index contributed by atoms with van der Waals surface area (Å²) in [6.07, 6.45) is 2.46. The number of fused-ring (bicyclic) bond motifs is 1. The lowest BCUT2D eigenvalue weighted by Crippen LogP contribution is -2.59. The Bertz CT molecular complexity index is 1300. The molecule has 0 aliphatic rings. The number of thiazole rings is 1. The van der Waals surface area contributed by atoms with E-state index in [1.807, 2.05) is 33.8 Å². The van der Waals surface area contributed by atoms with Crippen LogP contribution in [0.15, 0.2) is 18.2 Å². The number of amides is 5. The summed E-state index contributed by atoms with van der Waals surface area (Å²) in [5, 5.41) is 12.1. The molecule has 1 heterocycles. The first-order chi connectivity index (χ1) is 20.7. The molecule has 5 atom stereocenters. The van der Waals surface area contributed by atoms with Gasteiger partial charge < -0.3 is 32.7 Å². The normalized spacial score (nSPS) is 14.7. The zero-order valence-electron chi connectivity index (χ0n) is 26.1. The Hall–Kier alpha value is -3.29. The fourth-order valence-electron chi connectivity index (χ4n) is 4.63. The molecule has 44 heavy (non-hydrogen) atoms. The topological polar surface area (TPSA) is 198 Å². The highest BCUT2D eigenvalue weighted by molar-refractivity contribution is 7.18. The van der Waals surface area contributed by atoms with Crippen LogP contribution in [0.25, 0.3) is 10.2 Å². The van der Waals surface area contributed by atoms with Crippen LogP contribution in [0.3, 0.4) is 0 Å². The van der Waals surface area contributed by atoms with E-state index in [2.05, 4.69) is 26.3 Å². The highest BCUT2D eigenvalue weighted by Gasteiger charge is 2.33. The Morgan fingerprint density at radius 3 is 2.18 bits per heavy atom. The van der Waals surface area contributed by atoms with Gasteiger partial charge in [0.2, 0.25) is 29.5 Å². The highest BCUT2D eigenvalue weighted by atomic mass is 35.5. The van der Waals surface area contributed by atoms with E-state index in [0.29, 0.717) is 47.8 Å². The van der Waals surface area contributed by atoms with Crippen molar-refractivity contribution >= 4 is 62.7 Å². The van der Waals surface area contributed by atoms with E-state index in [-0.39, 0.29) is 24.7 Å². The molecule has 2 aromatic rings. The summed E-state index contributed by atoms with van der Waals surface area (Å²) in [5.41, 5.74) is 11.8. The van der Waals surface area contributed by atoms with Crippen LogP contribution >= 0.6 is 22.9 Å². The number of aromatic nitrogens is 1. The summed E-state index contributed by atoms with van der Waals surface area (Å²) < 4.78 is 0.883. The number of carbonyl (C=O) groups excluding carboxylic acids is 5. The number of carbonyl (C=O) groups is 5. The van der Waals surface area contributed by atoms with Crippen molar-refractivity contribution in [3.05, 3.63) is 28.2 Å². The molecule has 244 valence electrons. The van der Waals surface area contributed by atoms with E-state index in [0.717, 1.165) is 4.70 Å². The summed E-state index contributed by atoms with van der Waals surface area (Å²) in [6, 6.07) is 1.43.